The molecule has 2 aromatic rings. The zero-order valence-corrected chi connectivity index (χ0v) is 13.2. The smallest absolute Gasteiger partial charge is 0.271 e. The fourth-order valence-corrected chi connectivity index (χ4v) is 2.11. The van der Waals surface area contributed by atoms with Gasteiger partial charge in [-0.15, -0.1) is 0 Å². The van der Waals surface area contributed by atoms with Gasteiger partial charge < -0.3 is 10.1 Å². The molecule has 6 nitrogen and oxygen atoms in total. The molecule has 0 spiro atoms. The van der Waals surface area contributed by atoms with Crippen molar-refractivity contribution >= 4 is 28.9 Å². The lowest BCUT2D eigenvalue weighted by Crippen LogP contribution is -2.20. The summed E-state index contributed by atoms with van der Waals surface area (Å²) in [5.41, 5.74) is 1.71. The van der Waals surface area contributed by atoms with Gasteiger partial charge in [0.05, 0.1) is 9.95 Å². The van der Waals surface area contributed by atoms with E-state index in [-0.39, 0.29) is 29.0 Å². The normalized spacial score (nSPS) is 10.2. The number of hydrogen-bond donors (Lipinski definition) is 1. The van der Waals surface area contributed by atoms with Crippen LogP contribution in [-0.4, -0.2) is 17.4 Å². The molecule has 23 heavy (non-hydrogen) atoms. The van der Waals surface area contributed by atoms with Crippen molar-refractivity contribution in [3.8, 4) is 5.75 Å². The first kappa shape index (κ1) is 16.8. The first-order valence-corrected chi connectivity index (χ1v) is 7.33. The third-order valence-corrected chi connectivity index (χ3v) is 3.43. The van der Waals surface area contributed by atoms with Crippen molar-refractivity contribution in [1.29, 1.82) is 0 Å². The molecule has 1 amide bonds. The van der Waals surface area contributed by atoms with Gasteiger partial charge >= 0.3 is 0 Å². The number of aryl methyl sites for hydroxylation is 1. The molecule has 0 aliphatic rings. The number of amides is 1. The molecule has 0 aromatic heterocycles. The van der Waals surface area contributed by atoms with Gasteiger partial charge in [0.1, 0.15) is 5.75 Å². The van der Waals surface area contributed by atoms with E-state index < -0.39 is 4.92 Å². The van der Waals surface area contributed by atoms with Crippen molar-refractivity contribution < 1.29 is 14.5 Å². The fraction of sp³-hybridized carbons (Fsp3) is 0.188. The van der Waals surface area contributed by atoms with Crippen molar-refractivity contribution in [2.75, 3.05) is 11.9 Å². The Balaban J connectivity index is 1.92. The van der Waals surface area contributed by atoms with Crippen LogP contribution in [0.4, 0.5) is 11.4 Å². The van der Waals surface area contributed by atoms with Crippen LogP contribution >= 0.6 is 11.6 Å². The van der Waals surface area contributed by atoms with E-state index in [9.17, 15) is 14.9 Å². The molecule has 0 saturated carbocycles. The molecule has 2 aromatic carbocycles. The highest BCUT2D eigenvalue weighted by Gasteiger charge is 2.11. The summed E-state index contributed by atoms with van der Waals surface area (Å²) in [7, 11) is 0. The third kappa shape index (κ3) is 4.69. The number of ether oxygens (including phenoxy) is 1. The van der Waals surface area contributed by atoms with E-state index in [2.05, 4.69) is 12.2 Å². The van der Waals surface area contributed by atoms with Crippen LogP contribution in [0.3, 0.4) is 0 Å². The second-order valence-electron chi connectivity index (χ2n) is 4.76. The standard InChI is InChI=1S/C16H15ClN2O4/c1-2-11-3-5-12(6-4-11)18-16(20)10-23-15-8-7-13(19(21)22)9-14(15)17/h3-9H,2,10H2,1H3,(H,18,20). The largest absolute Gasteiger partial charge is 0.482 e. The van der Waals surface area contributed by atoms with E-state index in [1.807, 2.05) is 24.3 Å². The number of non-ortho nitro benzene ring substituents is 1. The average Bonchev–Trinajstić information content (AvgIpc) is 2.54. The minimum Gasteiger partial charge on any atom is -0.482 e. The van der Waals surface area contributed by atoms with Gasteiger partial charge in [-0.2, -0.15) is 0 Å². The van der Waals surface area contributed by atoms with Gasteiger partial charge in [0, 0.05) is 17.8 Å². The molecule has 1 N–H and O–H groups in total. The number of nitrogens with zero attached hydrogens (tertiary/aromatic N) is 1. The van der Waals surface area contributed by atoms with Crippen molar-refractivity contribution in [1.82, 2.24) is 0 Å². The molecule has 0 aliphatic heterocycles. The van der Waals surface area contributed by atoms with Gasteiger partial charge in [-0.1, -0.05) is 30.7 Å². The van der Waals surface area contributed by atoms with Crippen LogP contribution in [-0.2, 0) is 11.2 Å². The van der Waals surface area contributed by atoms with Gasteiger partial charge in [-0.3, -0.25) is 14.9 Å². The van der Waals surface area contributed by atoms with Crippen LogP contribution in [0.2, 0.25) is 5.02 Å². The Morgan fingerprint density at radius 1 is 1.26 bits per heavy atom. The molecule has 0 unspecified atom stereocenters. The predicted molar refractivity (Wildman–Crippen MR) is 88.1 cm³/mol. The maximum atomic E-state index is 11.8. The summed E-state index contributed by atoms with van der Waals surface area (Å²) < 4.78 is 5.28. The van der Waals surface area contributed by atoms with E-state index in [1.54, 1.807) is 0 Å². The second kappa shape index (κ2) is 7.60. The Morgan fingerprint density at radius 3 is 2.52 bits per heavy atom. The van der Waals surface area contributed by atoms with Gasteiger partial charge in [-0.05, 0) is 30.2 Å². The maximum absolute atomic E-state index is 11.8. The first-order chi connectivity index (χ1) is 11.0. The topological polar surface area (TPSA) is 81.5 Å². The molecule has 0 fully saturated rings. The van der Waals surface area contributed by atoms with Crippen molar-refractivity contribution in [3.63, 3.8) is 0 Å². The molecule has 2 rings (SSSR count). The van der Waals surface area contributed by atoms with Gasteiger partial charge in [0.15, 0.2) is 6.61 Å². The Morgan fingerprint density at radius 2 is 1.96 bits per heavy atom. The first-order valence-electron chi connectivity index (χ1n) is 6.95. The number of nitro groups is 1. The van der Waals surface area contributed by atoms with Gasteiger partial charge in [0.2, 0.25) is 0 Å². The zero-order valence-electron chi connectivity index (χ0n) is 12.4. The zero-order chi connectivity index (χ0) is 16.8. The Hall–Kier alpha value is -2.60. The van der Waals surface area contributed by atoms with E-state index in [0.717, 1.165) is 6.42 Å². The predicted octanol–water partition coefficient (Wildman–Crippen LogP) is 3.83. The molecule has 120 valence electrons. The van der Waals surface area contributed by atoms with E-state index >= 15 is 0 Å². The van der Waals surface area contributed by atoms with Crippen LogP contribution in [0, 0.1) is 10.1 Å². The number of benzene rings is 2. The lowest BCUT2D eigenvalue weighted by Gasteiger charge is -2.09. The number of nitrogens with one attached hydrogen (secondary N) is 1. The quantitative estimate of drug-likeness (QED) is 0.643. The van der Waals surface area contributed by atoms with E-state index in [0.29, 0.717) is 5.69 Å². The number of anilines is 1. The number of hydrogen-bond acceptors (Lipinski definition) is 4. The number of rotatable bonds is 6. The van der Waals surface area contributed by atoms with Crippen molar-refractivity contribution in [3.05, 3.63) is 63.2 Å². The van der Waals surface area contributed by atoms with Crippen LogP contribution in [0.5, 0.6) is 5.75 Å². The molecule has 0 aliphatic carbocycles. The van der Waals surface area contributed by atoms with Crippen LogP contribution in [0.1, 0.15) is 12.5 Å². The van der Waals surface area contributed by atoms with Crippen LogP contribution in [0.15, 0.2) is 42.5 Å². The minimum absolute atomic E-state index is 0.0827. The molecule has 0 atom stereocenters. The fourth-order valence-electron chi connectivity index (χ4n) is 1.88. The van der Waals surface area contributed by atoms with Crippen molar-refractivity contribution in [2.45, 2.75) is 13.3 Å². The maximum Gasteiger partial charge on any atom is 0.271 e. The molecule has 7 heteroatoms. The van der Waals surface area contributed by atoms with Crippen LogP contribution < -0.4 is 10.1 Å². The highest BCUT2D eigenvalue weighted by atomic mass is 35.5. The van der Waals surface area contributed by atoms with Crippen LogP contribution in [0.25, 0.3) is 0 Å². The molecular formula is C16H15ClN2O4. The molecular weight excluding hydrogens is 320 g/mol. The van der Waals surface area contributed by atoms with Gasteiger partial charge in [-0.25, -0.2) is 0 Å². The summed E-state index contributed by atoms with van der Waals surface area (Å²) in [4.78, 5) is 21.9. The molecule has 0 heterocycles. The Bertz CT molecular complexity index is 717. The number of halogens is 1. The number of carbonyl (C=O) groups excluding carboxylic acids is 1. The van der Waals surface area contributed by atoms with E-state index in [1.165, 1.54) is 23.8 Å². The average molecular weight is 335 g/mol. The number of nitro benzene ring substituents is 1. The summed E-state index contributed by atoms with van der Waals surface area (Å²) in [5, 5.41) is 13.4. The third-order valence-electron chi connectivity index (χ3n) is 3.13. The van der Waals surface area contributed by atoms with Gasteiger partial charge in [0.25, 0.3) is 11.6 Å². The summed E-state index contributed by atoms with van der Waals surface area (Å²) in [5.74, 6) is -0.127. The molecule has 0 saturated heterocycles. The summed E-state index contributed by atoms with van der Waals surface area (Å²) in [6.45, 7) is 1.81. The lowest BCUT2D eigenvalue weighted by molar-refractivity contribution is -0.384. The number of carbonyl (C=O) groups is 1. The highest BCUT2D eigenvalue weighted by Crippen LogP contribution is 2.28. The summed E-state index contributed by atoms with van der Waals surface area (Å²) in [6.07, 6.45) is 0.927. The van der Waals surface area contributed by atoms with E-state index in [4.69, 9.17) is 16.3 Å². The second-order valence-corrected chi connectivity index (χ2v) is 5.17. The molecule has 0 radical (unpaired) electrons. The Kier molecular flexibility index (Phi) is 5.54. The van der Waals surface area contributed by atoms with Crippen molar-refractivity contribution in [2.24, 2.45) is 0 Å². The minimum atomic E-state index is -0.553. The summed E-state index contributed by atoms with van der Waals surface area (Å²) in [6, 6.07) is 11.3. The Labute approximate surface area is 138 Å². The summed E-state index contributed by atoms with van der Waals surface area (Å²) >= 11 is 5.89. The highest BCUT2D eigenvalue weighted by molar-refractivity contribution is 6.32. The SMILES string of the molecule is CCc1ccc(NC(=O)COc2ccc([N+](=O)[O-])cc2Cl)cc1. The molecule has 0 bridgehead atoms. The lowest BCUT2D eigenvalue weighted by atomic mass is 10.1. The monoisotopic (exact) mass is 334 g/mol.